The van der Waals surface area contributed by atoms with Crippen LogP contribution in [-0.2, 0) is 7.05 Å². The molecule has 2 aromatic heterocycles. The summed E-state index contributed by atoms with van der Waals surface area (Å²) in [5.74, 6) is 1.17. The first-order chi connectivity index (χ1) is 15.6. The molecule has 0 amide bonds. The van der Waals surface area contributed by atoms with E-state index in [1.807, 2.05) is 37.6 Å². The molecule has 5 rings (SSSR count). The number of fused-ring (bicyclic) bond motifs is 1. The van der Waals surface area contributed by atoms with Crippen molar-refractivity contribution >= 4 is 34.1 Å². The summed E-state index contributed by atoms with van der Waals surface area (Å²) < 4.78 is 7.98. The zero-order valence-corrected chi connectivity index (χ0v) is 18.1. The van der Waals surface area contributed by atoms with Gasteiger partial charge in [0.1, 0.15) is 11.9 Å². The average molecular weight is 446 g/mol. The van der Waals surface area contributed by atoms with Crippen LogP contribution in [0.1, 0.15) is 12.0 Å². The second kappa shape index (κ2) is 8.46. The molecule has 1 fully saturated rings. The minimum Gasteiger partial charge on any atom is -0.489 e. The minimum atomic E-state index is 0.136. The number of nitrogens with zero attached hydrogens (tertiary/aromatic N) is 5. The molecule has 32 heavy (non-hydrogen) atoms. The van der Waals surface area contributed by atoms with Gasteiger partial charge in [-0.3, -0.25) is 4.68 Å². The summed E-state index contributed by atoms with van der Waals surface area (Å²) in [7, 11) is 1.89. The Morgan fingerprint density at radius 2 is 2.12 bits per heavy atom. The molecular formula is C23H20ClN7O. The molecule has 2 aromatic carbocycles. The van der Waals surface area contributed by atoms with Gasteiger partial charge in [0.15, 0.2) is 0 Å². The van der Waals surface area contributed by atoms with E-state index < -0.39 is 0 Å². The lowest BCUT2D eigenvalue weighted by atomic mass is 10.1. The third kappa shape index (κ3) is 4.21. The zero-order chi connectivity index (χ0) is 22.1. The van der Waals surface area contributed by atoms with Crippen LogP contribution in [0.4, 0.5) is 11.6 Å². The van der Waals surface area contributed by atoms with Crippen LogP contribution in [-0.4, -0.2) is 38.9 Å². The minimum absolute atomic E-state index is 0.136. The van der Waals surface area contributed by atoms with Gasteiger partial charge in [-0.2, -0.15) is 10.4 Å². The lowest BCUT2D eigenvalue weighted by Crippen LogP contribution is -2.19. The summed E-state index contributed by atoms with van der Waals surface area (Å²) in [5, 5.41) is 21.1. The van der Waals surface area contributed by atoms with E-state index in [2.05, 4.69) is 31.8 Å². The van der Waals surface area contributed by atoms with E-state index in [9.17, 15) is 0 Å². The number of hydrogen-bond donors (Lipinski definition) is 2. The Labute approximate surface area is 189 Å². The molecule has 9 heteroatoms. The van der Waals surface area contributed by atoms with Crippen LogP contribution >= 0.6 is 11.6 Å². The largest absolute Gasteiger partial charge is 0.489 e. The van der Waals surface area contributed by atoms with Gasteiger partial charge in [-0.05, 0) is 42.8 Å². The number of hydrogen-bond acceptors (Lipinski definition) is 7. The summed E-state index contributed by atoms with van der Waals surface area (Å²) in [6.45, 7) is 1.79. The molecule has 0 spiro atoms. The Hall–Kier alpha value is -3.67. The number of rotatable bonds is 5. The number of anilines is 2. The zero-order valence-electron chi connectivity index (χ0n) is 17.3. The van der Waals surface area contributed by atoms with Gasteiger partial charge in [0.25, 0.3) is 0 Å². The molecule has 8 nitrogen and oxygen atoms in total. The number of nitriles is 1. The second-order valence-corrected chi connectivity index (χ2v) is 8.11. The number of ether oxygens (including phenoxy) is 1. The van der Waals surface area contributed by atoms with E-state index in [1.165, 1.54) is 0 Å². The van der Waals surface area contributed by atoms with E-state index >= 15 is 0 Å². The van der Waals surface area contributed by atoms with Crippen molar-refractivity contribution in [1.82, 2.24) is 25.1 Å². The van der Waals surface area contributed by atoms with E-state index in [4.69, 9.17) is 21.6 Å². The summed E-state index contributed by atoms with van der Waals surface area (Å²) in [4.78, 5) is 8.95. The maximum atomic E-state index is 9.14. The van der Waals surface area contributed by atoms with Crippen molar-refractivity contribution in [2.24, 2.45) is 7.05 Å². The van der Waals surface area contributed by atoms with Gasteiger partial charge in [-0.15, -0.1) is 0 Å². The van der Waals surface area contributed by atoms with Crippen LogP contribution in [0, 0.1) is 11.3 Å². The quantitative estimate of drug-likeness (QED) is 0.478. The van der Waals surface area contributed by atoms with Crippen molar-refractivity contribution < 1.29 is 4.74 Å². The molecule has 1 saturated heterocycles. The fourth-order valence-corrected chi connectivity index (χ4v) is 4.02. The van der Waals surface area contributed by atoms with Crippen molar-refractivity contribution in [3.8, 4) is 22.9 Å². The maximum absolute atomic E-state index is 9.14. The Morgan fingerprint density at radius 3 is 2.88 bits per heavy atom. The first-order valence-corrected chi connectivity index (χ1v) is 10.6. The third-order valence-electron chi connectivity index (χ3n) is 5.28. The third-order valence-corrected chi connectivity index (χ3v) is 5.57. The molecule has 1 aliphatic rings. The van der Waals surface area contributed by atoms with Crippen molar-refractivity contribution in [3.63, 3.8) is 0 Å². The van der Waals surface area contributed by atoms with Crippen LogP contribution in [0.25, 0.3) is 22.0 Å². The SMILES string of the molecule is Cn1cc(-c2cc(Nc3ncc4cc(C#N)cc(Cl)c4n3)cc(O[C@@H]3CCNC3)c2)cn1. The molecule has 0 radical (unpaired) electrons. The fourth-order valence-electron chi connectivity index (χ4n) is 3.75. The normalized spacial score (nSPS) is 15.6. The summed E-state index contributed by atoms with van der Waals surface area (Å²) >= 11 is 6.34. The Morgan fingerprint density at radius 1 is 1.22 bits per heavy atom. The molecule has 3 heterocycles. The van der Waals surface area contributed by atoms with Crippen LogP contribution in [0.3, 0.4) is 0 Å². The number of aryl methyl sites for hydroxylation is 1. The first-order valence-electron chi connectivity index (χ1n) is 10.2. The van der Waals surface area contributed by atoms with Gasteiger partial charge < -0.3 is 15.4 Å². The van der Waals surface area contributed by atoms with Crippen molar-refractivity contribution in [2.75, 3.05) is 18.4 Å². The van der Waals surface area contributed by atoms with E-state index in [0.717, 1.165) is 42.1 Å². The van der Waals surface area contributed by atoms with Crippen LogP contribution < -0.4 is 15.4 Å². The maximum Gasteiger partial charge on any atom is 0.227 e. The standard InChI is InChI=1S/C23H20ClN7O/c1-31-13-17(11-28-31)15-6-18(8-20(7-15)32-19-2-3-26-12-19)29-23-27-10-16-4-14(9-25)5-21(24)22(16)30-23/h4-8,10-11,13,19,26H,2-3,12H2,1H3,(H,27,29,30)/t19-/m1/s1. The van der Waals surface area contributed by atoms with Crippen LogP contribution in [0.15, 0.2) is 48.9 Å². The molecular weight excluding hydrogens is 426 g/mol. The lowest BCUT2D eigenvalue weighted by molar-refractivity contribution is 0.223. The molecule has 0 aliphatic carbocycles. The van der Waals surface area contributed by atoms with Crippen molar-refractivity contribution in [1.29, 1.82) is 5.26 Å². The monoisotopic (exact) mass is 445 g/mol. The summed E-state index contributed by atoms with van der Waals surface area (Å²) in [6, 6.07) is 11.4. The Bertz CT molecular complexity index is 1340. The summed E-state index contributed by atoms with van der Waals surface area (Å²) in [6.07, 6.45) is 6.54. The van der Waals surface area contributed by atoms with Gasteiger partial charge in [0.05, 0.1) is 28.4 Å². The first kappa shape index (κ1) is 20.2. The molecule has 4 aromatic rings. The molecule has 2 N–H and O–H groups in total. The molecule has 1 aliphatic heterocycles. The highest BCUT2D eigenvalue weighted by Crippen LogP contribution is 2.31. The Balaban J connectivity index is 1.50. The van der Waals surface area contributed by atoms with Crippen LogP contribution in [0.2, 0.25) is 5.02 Å². The molecule has 0 bridgehead atoms. The van der Waals surface area contributed by atoms with Crippen molar-refractivity contribution in [3.05, 3.63) is 59.5 Å². The number of halogens is 1. The van der Waals surface area contributed by atoms with Gasteiger partial charge in [0.2, 0.25) is 5.95 Å². The highest BCUT2D eigenvalue weighted by molar-refractivity contribution is 6.35. The van der Waals surface area contributed by atoms with E-state index in [1.54, 1.807) is 23.0 Å². The Kier molecular flexibility index (Phi) is 5.35. The van der Waals surface area contributed by atoms with Gasteiger partial charge >= 0.3 is 0 Å². The predicted octanol–water partition coefficient (Wildman–Crippen LogP) is 4.04. The van der Waals surface area contributed by atoms with E-state index in [0.29, 0.717) is 27.4 Å². The van der Waals surface area contributed by atoms with E-state index in [-0.39, 0.29) is 6.10 Å². The highest BCUT2D eigenvalue weighted by Gasteiger charge is 2.17. The van der Waals surface area contributed by atoms with Crippen molar-refractivity contribution in [2.45, 2.75) is 12.5 Å². The van der Waals surface area contributed by atoms with Crippen LogP contribution in [0.5, 0.6) is 5.75 Å². The molecule has 0 saturated carbocycles. The summed E-state index contributed by atoms with van der Waals surface area (Å²) in [5.41, 5.74) is 3.80. The number of nitrogens with one attached hydrogen (secondary N) is 2. The molecule has 0 unspecified atom stereocenters. The lowest BCUT2D eigenvalue weighted by Gasteiger charge is -2.15. The average Bonchev–Trinajstić information content (AvgIpc) is 3.45. The topological polar surface area (TPSA) is 101 Å². The number of benzene rings is 2. The highest BCUT2D eigenvalue weighted by atomic mass is 35.5. The van der Waals surface area contributed by atoms with Gasteiger partial charge in [0, 0.05) is 48.7 Å². The van der Waals surface area contributed by atoms with Gasteiger partial charge in [-0.25, -0.2) is 9.97 Å². The predicted molar refractivity (Wildman–Crippen MR) is 123 cm³/mol. The number of aromatic nitrogens is 4. The fraction of sp³-hybridized carbons (Fsp3) is 0.217. The second-order valence-electron chi connectivity index (χ2n) is 7.71. The smallest absolute Gasteiger partial charge is 0.227 e. The molecule has 160 valence electrons. The van der Waals surface area contributed by atoms with Gasteiger partial charge in [-0.1, -0.05) is 11.6 Å². The molecule has 1 atom stereocenters.